The lowest BCUT2D eigenvalue weighted by molar-refractivity contribution is 0.813. The van der Waals surface area contributed by atoms with Crippen molar-refractivity contribution in [3.05, 3.63) is 47.9 Å². The molecule has 3 aromatic rings. The van der Waals surface area contributed by atoms with Gasteiger partial charge in [-0.3, -0.25) is 0 Å². The number of aromatic nitrogens is 3. The molecule has 0 spiro atoms. The summed E-state index contributed by atoms with van der Waals surface area (Å²) in [4.78, 5) is 8.71. The third-order valence-corrected chi connectivity index (χ3v) is 3.11. The maximum absolute atomic E-state index is 6.18. The van der Waals surface area contributed by atoms with Gasteiger partial charge in [-0.05, 0) is 13.0 Å². The number of para-hydroxylation sites is 1. The molecule has 2 aromatic heterocycles. The molecule has 3 nitrogen and oxygen atoms in total. The summed E-state index contributed by atoms with van der Waals surface area (Å²) in [5.41, 5.74) is 3.73. The first-order valence-corrected chi connectivity index (χ1v) is 6.08. The molecule has 0 radical (unpaired) electrons. The van der Waals surface area contributed by atoms with Gasteiger partial charge in [-0.15, -0.1) is 0 Å². The second-order valence-corrected chi connectivity index (χ2v) is 4.80. The van der Waals surface area contributed by atoms with Crippen LogP contribution in [0.4, 0.5) is 0 Å². The van der Waals surface area contributed by atoms with Gasteiger partial charge in [-0.2, -0.15) is 0 Å². The first kappa shape index (κ1) is 11.2. The lowest BCUT2D eigenvalue weighted by atomic mass is 10.2. The Balaban J connectivity index is 2.43. The highest BCUT2D eigenvalue weighted by Gasteiger charge is 2.12. The van der Waals surface area contributed by atoms with Gasteiger partial charge in [-0.25, -0.2) is 9.97 Å². The number of imidazole rings is 1. The van der Waals surface area contributed by atoms with Crippen LogP contribution < -0.4 is 0 Å². The van der Waals surface area contributed by atoms with E-state index < -0.39 is 0 Å². The molecule has 0 aliphatic carbocycles. The predicted molar refractivity (Wildman–Crippen MR) is 74.9 cm³/mol. The van der Waals surface area contributed by atoms with Crippen molar-refractivity contribution in [2.24, 2.45) is 0 Å². The molecule has 1 aromatic carbocycles. The number of fused-ring (bicyclic) bond motifs is 3. The first-order valence-electron chi connectivity index (χ1n) is 5.70. The molecule has 0 N–H and O–H groups in total. The number of hydrogen-bond acceptors (Lipinski definition) is 2. The lowest BCUT2D eigenvalue weighted by Crippen LogP contribution is -1.97. The monoisotopic (exact) mass is 257 g/mol. The van der Waals surface area contributed by atoms with E-state index in [4.69, 9.17) is 11.6 Å². The number of benzene rings is 1. The summed E-state index contributed by atoms with van der Waals surface area (Å²) in [6, 6.07) is 7.95. The largest absolute Gasteiger partial charge is 0.326 e. The van der Waals surface area contributed by atoms with Crippen molar-refractivity contribution in [2.45, 2.75) is 13.5 Å². The smallest absolute Gasteiger partial charge is 0.157 e. The van der Waals surface area contributed by atoms with Crippen molar-refractivity contribution in [1.82, 2.24) is 14.5 Å². The van der Waals surface area contributed by atoms with Gasteiger partial charge in [0.2, 0.25) is 0 Å². The third-order valence-electron chi connectivity index (χ3n) is 2.85. The summed E-state index contributed by atoms with van der Waals surface area (Å²) in [6.45, 7) is 6.68. The van der Waals surface area contributed by atoms with E-state index in [-0.39, 0.29) is 0 Å². The van der Waals surface area contributed by atoms with Gasteiger partial charge in [0.15, 0.2) is 5.15 Å². The minimum Gasteiger partial charge on any atom is -0.326 e. The van der Waals surface area contributed by atoms with E-state index in [9.17, 15) is 0 Å². The van der Waals surface area contributed by atoms with Gasteiger partial charge in [0.25, 0.3) is 0 Å². The van der Waals surface area contributed by atoms with Crippen LogP contribution in [0, 0.1) is 0 Å². The molecular weight excluding hydrogens is 246 g/mol. The number of rotatable bonds is 2. The Labute approximate surface area is 110 Å². The Morgan fingerprint density at radius 1 is 1.39 bits per heavy atom. The maximum atomic E-state index is 6.18. The summed E-state index contributed by atoms with van der Waals surface area (Å²) < 4.78 is 2.06. The van der Waals surface area contributed by atoms with Gasteiger partial charge < -0.3 is 4.57 Å². The zero-order valence-corrected chi connectivity index (χ0v) is 10.8. The highest BCUT2D eigenvalue weighted by atomic mass is 35.5. The van der Waals surface area contributed by atoms with E-state index in [1.54, 1.807) is 6.33 Å². The van der Waals surface area contributed by atoms with E-state index >= 15 is 0 Å². The highest BCUT2D eigenvalue weighted by Crippen LogP contribution is 2.28. The molecule has 0 bridgehead atoms. The van der Waals surface area contributed by atoms with Crippen LogP contribution >= 0.6 is 11.6 Å². The fraction of sp³-hybridized carbons (Fsp3) is 0.143. The second-order valence-electron chi connectivity index (χ2n) is 4.45. The van der Waals surface area contributed by atoms with Crippen molar-refractivity contribution in [3.63, 3.8) is 0 Å². The number of allylic oxidation sites excluding steroid dienone is 1. The molecule has 0 fully saturated rings. The molecule has 0 aliphatic rings. The topological polar surface area (TPSA) is 30.7 Å². The van der Waals surface area contributed by atoms with Crippen LogP contribution in [-0.2, 0) is 6.54 Å². The van der Waals surface area contributed by atoms with Crippen molar-refractivity contribution < 1.29 is 0 Å². The van der Waals surface area contributed by atoms with Crippen molar-refractivity contribution in [1.29, 1.82) is 0 Å². The van der Waals surface area contributed by atoms with Crippen LogP contribution in [-0.4, -0.2) is 14.5 Å². The maximum Gasteiger partial charge on any atom is 0.157 e. The SMILES string of the molecule is C=C(C)Cn1cnc2c(Cl)nc3ccccc3c21. The Hall–Kier alpha value is -1.87. The Morgan fingerprint density at radius 2 is 2.17 bits per heavy atom. The molecule has 4 heteroatoms. The van der Waals surface area contributed by atoms with Crippen LogP contribution in [0.5, 0.6) is 0 Å². The molecule has 0 unspecified atom stereocenters. The summed E-state index contributed by atoms with van der Waals surface area (Å²) >= 11 is 6.18. The molecule has 2 heterocycles. The fourth-order valence-electron chi connectivity index (χ4n) is 2.16. The minimum absolute atomic E-state index is 0.448. The number of pyridine rings is 1. The summed E-state index contributed by atoms with van der Waals surface area (Å²) in [7, 11) is 0. The lowest BCUT2D eigenvalue weighted by Gasteiger charge is -2.06. The van der Waals surface area contributed by atoms with Gasteiger partial charge >= 0.3 is 0 Å². The summed E-state index contributed by atoms with van der Waals surface area (Å²) in [5.74, 6) is 0. The average Bonchev–Trinajstić information content (AvgIpc) is 2.73. The van der Waals surface area contributed by atoms with Crippen LogP contribution in [0.25, 0.3) is 21.9 Å². The van der Waals surface area contributed by atoms with E-state index in [0.717, 1.165) is 34.1 Å². The summed E-state index contributed by atoms with van der Waals surface area (Å²) in [6.07, 6.45) is 1.79. The Bertz CT molecular complexity index is 758. The standard InChI is InChI=1S/C14H12ClN3/c1-9(2)7-18-8-16-12-13(18)10-5-3-4-6-11(10)17-14(12)15/h3-6,8H,1,7H2,2H3. The normalized spacial score (nSPS) is 11.2. The third kappa shape index (κ3) is 1.68. The van der Waals surface area contributed by atoms with Gasteiger partial charge in [0.05, 0.1) is 17.4 Å². The molecule has 3 rings (SSSR count). The van der Waals surface area contributed by atoms with Crippen LogP contribution in [0.2, 0.25) is 5.15 Å². The average molecular weight is 258 g/mol. The summed E-state index contributed by atoms with van der Waals surface area (Å²) in [5, 5.41) is 1.51. The molecule has 0 atom stereocenters. The second kappa shape index (κ2) is 4.10. The van der Waals surface area contributed by atoms with Gasteiger partial charge in [0.1, 0.15) is 5.52 Å². The van der Waals surface area contributed by atoms with Crippen molar-refractivity contribution in [3.8, 4) is 0 Å². The Kier molecular flexibility index (Phi) is 2.56. The molecule has 0 amide bonds. The van der Waals surface area contributed by atoms with E-state index in [1.165, 1.54) is 0 Å². The Morgan fingerprint density at radius 3 is 2.94 bits per heavy atom. The zero-order valence-electron chi connectivity index (χ0n) is 10.0. The first-order chi connectivity index (χ1) is 8.66. The van der Waals surface area contributed by atoms with E-state index in [1.807, 2.05) is 31.2 Å². The molecular formula is C14H12ClN3. The van der Waals surface area contributed by atoms with Crippen LogP contribution in [0.1, 0.15) is 6.92 Å². The fourth-order valence-corrected chi connectivity index (χ4v) is 2.39. The predicted octanol–water partition coefficient (Wildman–Crippen LogP) is 3.81. The van der Waals surface area contributed by atoms with Crippen molar-refractivity contribution >= 4 is 33.5 Å². The van der Waals surface area contributed by atoms with Crippen LogP contribution in [0.3, 0.4) is 0 Å². The molecule has 0 aliphatic heterocycles. The number of nitrogens with zero attached hydrogens (tertiary/aromatic N) is 3. The molecule has 90 valence electrons. The van der Waals surface area contributed by atoms with Crippen molar-refractivity contribution in [2.75, 3.05) is 0 Å². The minimum atomic E-state index is 0.448. The number of halogens is 1. The van der Waals surface area contributed by atoms with Crippen LogP contribution in [0.15, 0.2) is 42.7 Å². The van der Waals surface area contributed by atoms with Gasteiger partial charge in [0, 0.05) is 11.9 Å². The van der Waals surface area contributed by atoms with E-state index in [2.05, 4.69) is 21.1 Å². The van der Waals surface area contributed by atoms with E-state index in [0.29, 0.717) is 5.15 Å². The zero-order chi connectivity index (χ0) is 12.7. The quantitative estimate of drug-likeness (QED) is 0.516. The molecule has 18 heavy (non-hydrogen) atoms. The molecule has 0 saturated heterocycles. The highest BCUT2D eigenvalue weighted by molar-refractivity contribution is 6.35. The number of hydrogen-bond donors (Lipinski definition) is 0. The molecule has 0 saturated carbocycles. The van der Waals surface area contributed by atoms with Gasteiger partial charge in [-0.1, -0.05) is 42.0 Å².